The molecule has 1 amide bonds. The number of pyridine rings is 1. The molecule has 0 N–H and O–H groups in total. The predicted octanol–water partition coefficient (Wildman–Crippen LogP) is 5.10. The number of piperazine rings is 1. The standard InChI is InChI=1S/C19H14F9N3O/c20-17(21,22)12-2-1-3-13(10-12)30-4-6-31(7-5-30)16(32)11-8-14(18(23,24)25)29-15(9-11)19(26,27)28/h1-3,8-10H,4-7H2. The molecule has 0 unspecified atom stereocenters. The van der Waals surface area contributed by atoms with Gasteiger partial charge in [0.25, 0.3) is 5.91 Å². The Labute approximate surface area is 175 Å². The van der Waals surface area contributed by atoms with Crippen molar-refractivity contribution < 1.29 is 44.3 Å². The van der Waals surface area contributed by atoms with Crippen LogP contribution in [0.1, 0.15) is 27.3 Å². The molecule has 1 saturated heterocycles. The van der Waals surface area contributed by atoms with E-state index in [9.17, 15) is 44.3 Å². The molecule has 13 heteroatoms. The van der Waals surface area contributed by atoms with Gasteiger partial charge in [-0.05, 0) is 30.3 Å². The molecule has 32 heavy (non-hydrogen) atoms. The minimum atomic E-state index is -5.20. The van der Waals surface area contributed by atoms with Gasteiger partial charge in [0.05, 0.1) is 5.56 Å². The maximum Gasteiger partial charge on any atom is 0.433 e. The smallest absolute Gasteiger partial charge is 0.368 e. The van der Waals surface area contributed by atoms with Crippen molar-refractivity contribution in [3.63, 3.8) is 0 Å². The number of halogens is 9. The molecular formula is C19H14F9N3O. The fraction of sp³-hybridized carbons (Fsp3) is 0.368. The fourth-order valence-electron chi connectivity index (χ4n) is 3.17. The number of rotatable bonds is 2. The SMILES string of the molecule is O=C(c1cc(C(F)(F)F)nc(C(F)(F)F)c1)N1CCN(c2cccc(C(F)(F)F)c2)CC1. The number of alkyl halides is 9. The quantitative estimate of drug-likeness (QED) is 0.572. The predicted molar refractivity (Wildman–Crippen MR) is 93.8 cm³/mol. The van der Waals surface area contributed by atoms with Crippen molar-refractivity contribution in [2.75, 3.05) is 31.1 Å². The molecule has 174 valence electrons. The summed E-state index contributed by atoms with van der Waals surface area (Å²) in [6.45, 7) is -0.146. The van der Waals surface area contributed by atoms with Crippen molar-refractivity contribution in [1.29, 1.82) is 0 Å². The van der Waals surface area contributed by atoms with Crippen LogP contribution in [-0.2, 0) is 18.5 Å². The van der Waals surface area contributed by atoms with Crippen LogP contribution in [0.4, 0.5) is 45.2 Å². The Balaban J connectivity index is 1.79. The number of aromatic nitrogens is 1. The molecule has 0 spiro atoms. The first kappa shape index (κ1) is 23.7. The van der Waals surface area contributed by atoms with Crippen molar-refractivity contribution in [2.45, 2.75) is 18.5 Å². The summed E-state index contributed by atoms with van der Waals surface area (Å²) < 4.78 is 116. The highest BCUT2D eigenvalue weighted by Gasteiger charge is 2.40. The third-order valence-electron chi connectivity index (χ3n) is 4.76. The molecule has 0 saturated carbocycles. The third kappa shape index (κ3) is 5.25. The maximum atomic E-state index is 13.0. The molecule has 0 radical (unpaired) electrons. The van der Waals surface area contributed by atoms with Crippen LogP contribution in [0.5, 0.6) is 0 Å². The number of carbonyl (C=O) groups excluding carboxylic acids is 1. The first-order valence-corrected chi connectivity index (χ1v) is 9.04. The molecule has 4 nitrogen and oxygen atoms in total. The summed E-state index contributed by atoms with van der Waals surface area (Å²) in [5, 5.41) is 0. The summed E-state index contributed by atoms with van der Waals surface area (Å²) in [6, 6.07) is 4.95. The molecule has 0 bridgehead atoms. The van der Waals surface area contributed by atoms with Crippen LogP contribution < -0.4 is 4.90 Å². The van der Waals surface area contributed by atoms with Crippen molar-refractivity contribution in [2.24, 2.45) is 0 Å². The van der Waals surface area contributed by atoms with Gasteiger partial charge in [0.15, 0.2) is 0 Å². The highest BCUT2D eigenvalue weighted by Crippen LogP contribution is 2.35. The summed E-state index contributed by atoms with van der Waals surface area (Å²) in [6.07, 6.45) is -14.9. The van der Waals surface area contributed by atoms with E-state index in [1.54, 1.807) is 0 Å². The molecule has 2 aromatic rings. The summed E-state index contributed by atoms with van der Waals surface area (Å²) in [5.41, 5.74) is -5.16. The van der Waals surface area contributed by atoms with E-state index >= 15 is 0 Å². The van der Waals surface area contributed by atoms with Gasteiger partial charge in [-0.3, -0.25) is 4.79 Å². The summed E-state index contributed by atoms with van der Waals surface area (Å²) in [5.74, 6) is -1.06. The number of nitrogens with zero attached hydrogens (tertiary/aromatic N) is 3. The highest BCUT2D eigenvalue weighted by atomic mass is 19.4. The number of amides is 1. The van der Waals surface area contributed by atoms with Gasteiger partial charge in [-0.2, -0.15) is 39.5 Å². The van der Waals surface area contributed by atoms with Crippen LogP contribution >= 0.6 is 0 Å². The van der Waals surface area contributed by atoms with E-state index in [-0.39, 0.29) is 44.0 Å². The normalized spacial score (nSPS) is 15.8. The highest BCUT2D eigenvalue weighted by molar-refractivity contribution is 5.94. The molecule has 1 aliphatic rings. The molecule has 1 aliphatic heterocycles. The van der Waals surface area contributed by atoms with E-state index in [4.69, 9.17) is 0 Å². The van der Waals surface area contributed by atoms with Crippen LogP contribution in [0.15, 0.2) is 36.4 Å². The second-order valence-electron chi connectivity index (χ2n) is 6.95. The Bertz CT molecular complexity index is 959. The lowest BCUT2D eigenvalue weighted by atomic mass is 10.1. The van der Waals surface area contributed by atoms with Crippen molar-refractivity contribution in [1.82, 2.24) is 9.88 Å². The molecule has 2 heterocycles. The van der Waals surface area contributed by atoms with E-state index in [0.717, 1.165) is 17.0 Å². The largest absolute Gasteiger partial charge is 0.433 e. The Hall–Kier alpha value is -2.99. The van der Waals surface area contributed by atoms with Crippen molar-refractivity contribution >= 4 is 11.6 Å². The van der Waals surface area contributed by atoms with E-state index in [1.807, 2.05) is 0 Å². The Morgan fingerprint density at radius 3 is 1.75 bits per heavy atom. The number of carbonyl (C=O) groups is 1. The second-order valence-corrected chi connectivity index (χ2v) is 6.95. The van der Waals surface area contributed by atoms with Gasteiger partial charge in [0.2, 0.25) is 0 Å². The molecule has 1 aromatic heterocycles. The van der Waals surface area contributed by atoms with Gasteiger partial charge in [-0.1, -0.05) is 6.07 Å². The zero-order valence-electron chi connectivity index (χ0n) is 15.9. The van der Waals surface area contributed by atoms with Gasteiger partial charge in [-0.25, -0.2) is 4.98 Å². The average Bonchev–Trinajstić information content (AvgIpc) is 2.71. The molecule has 3 rings (SSSR count). The summed E-state index contributed by atoms with van der Waals surface area (Å²) in [4.78, 5) is 17.7. The minimum Gasteiger partial charge on any atom is -0.368 e. The minimum absolute atomic E-state index is 0.0381. The van der Waals surface area contributed by atoms with Crippen molar-refractivity contribution in [3.05, 3.63) is 58.9 Å². The lowest BCUT2D eigenvalue weighted by Gasteiger charge is -2.36. The molecule has 1 fully saturated rings. The van der Waals surface area contributed by atoms with Crippen LogP contribution in [0.25, 0.3) is 0 Å². The first-order chi connectivity index (χ1) is 14.7. The van der Waals surface area contributed by atoms with E-state index in [0.29, 0.717) is 0 Å². The molecule has 0 atom stereocenters. The fourth-order valence-corrected chi connectivity index (χ4v) is 3.17. The van der Waals surface area contributed by atoms with E-state index < -0.39 is 47.0 Å². The maximum absolute atomic E-state index is 13.0. The van der Waals surface area contributed by atoms with E-state index in [2.05, 4.69) is 4.98 Å². The summed E-state index contributed by atoms with van der Waals surface area (Å²) in [7, 11) is 0. The lowest BCUT2D eigenvalue weighted by molar-refractivity contribution is -0.150. The second kappa shape index (κ2) is 8.17. The average molecular weight is 471 g/mol. The Morgan fingerprint density at radius 2 is 1.28 bits per heavy atom. The van der Waals surface area contributed by atoms with Crippen LogP contribution in [-0.4, -0.2) is 42.0 Å². The zero-order valence-corrected chi connectivity index (χ0v) is 15.9. The van der Waals surface area contributed by atoms with Gasteiger partial charge < -0.3 is 9.80 Å². The Kier molecular flexibility index (Phi) is 6.04. The number of anilines is 1. The van der Waals surface area contributed by atoms with Crippen LogP contribution in [0.2, 0.25) is 0 Å². The van der Waals surface area contributed by atoms with Gasteiger partial charge in [0, 0.05) is 37.4 Å². The molecule has 0 aliphatic carbocycles. The van der Waals surface area contributed by atoms with Gasteiger partial charge in [-0.15, -0.1) is 0 Å². The molecular weight excluding hydrogens is 457 g/mol. The van der Waals surface area contributed by atoms with E-state index in [1.165, 1.54) is 17.0 Å². The van der Waals surface area contributed by atoms with Crippen LogP contribution in [0.3, 0.4) is 0 Å². The summed E-state index contributed by atoms with van der Waals surface area (Å²) >= 11 is 0. The van der Waals surface area contributed by atoms with Crippen LogP contribution in [0, 0.1) is 0 Å². The number of benzene rings is 1. The first-order valence-electron chi connectivity index (χ1n) is 9.04. The Morgan fingerprint density at radius 1 is 0.750 bits per heavy atom. The monoisotopic (exact) mass is 471 g/mol. The zero-order chi connectivity index (χ0) is 23.9. The van der Waals surface area contributed by atoms with Gasteiger partial charge in [0.1, 0.15) is 11.4 Å². The van der Waals surface area contributed by atoms with Crippen molar-refractivity contribution in [3.8, 4) is 0 Å². The van der Waals surface area contributed by atoms with Gasteiger partial charge >= 0.3 is 18.5 Å². The molecule has 1 aromatic carbocycles. The third-order valence-corrected chi connectivity index (χ3v) is 4.76. The number of hydrogen-bond donors (Lipinski definition) is 0. The number of hydrogen-bond acceptors (Lipinski definition) is 3. The topological polar surface area (TPSA) is 36.4 Å². The lowest BCUT2D eigenvalue weighted by Crippen LogP contribution is -2.49.